The Balaban J connectivity index is 1.56. The van der Waals surface area contributed by atoms with Gasteiger partial charge in [-0.15, -0.1) is 0 Å². The number of benzene rings is 2. The van der Waals surface area contributed by atoms with Gasteiger partial charge in [-0.25, -0.2) is 4.79 Å². The number of amides is 1. The molecule has 1 aliphatic rings. The first-order valence-corrected chi connectivity index (χ1v) is 11.7. The van der Waals surface area contributed by atoms with Gasteiger partial charge in [0.2, 0.25) is 0 Å². The van der Waals surface area contributed by atoms with Gasteiger partial charge in [0.15, 0.2) is 5.50 Å². The Morgan fingerprint density at radius 3 is 2.64 bits per heavy atom. The average molecular weight is 462 g/mol. The van der Waals surface area contributed by atoms with Crippen molar-refractivity contribution in [1.29, 1.82) is 0 Å². The van der Waals surface area contributed by atoms with Crippen molar-refractivity contribution in [3.05, 3.63) is 87.6 Å². The van der Waals surface area contributed by atoms with Crippen LogP contribution in [-0.4, -0.2) is 29.1 Å². The molecule has 3 aromatic rings. The molecule has 1 fully saturated rings. The predicted octanol–water partition coefficient (Wildman–Crippen LogP) is 5.04. The molecule has 0 bridgehead atoms. The topological polar surface area (TPSA) is 72.4 Å². The second kappa shape index (κ2) is 9.58. The molecule has 2 heterocycles. The fraction of sp³-hybridized carbons (Fsp3) is 0.231. The fourth-order valence-electron chi connectivity index (χ4n) is 3.92. The van der Waals surface area contributed by atoms with Crippen LogP contribution in [0.1, 0.15) is 39.8 Å². The van der Waals surface area contributed by atoms with Crippen LogP contribution in [0.25, 0.3) is 11.8 Å². The van der Waals surface area contributed by atoms with Crippen LogP contribution in [0.15, 0.2) is 59.5 Å². The van der Waals surface area contributed by atoms with Gasteiger partial charge in [0.25, 0.3) is 5.91 Å². The molecule has 1 aromatic heterocycles. The normalized spacial score (nSPS) is 16.7. The van der Waals surface area contributed by atoms with Crippen molar-refractivity contribution in [2.75, 3.05) is 12.4 Å². The molecule has 2 N–H and O–H groups in total. The van der Waals surface area contributed by atoms with Crippen LogP contribution >= 0.6 is 11.8 Å². The number of nitrogens with zero attached hydrogens (tertiary/aromatic N) is 1. The zero-order valence-electron chi connectivity index (χ0n) is 19.1. The Hall–Kier alpha value is -3.45. The SMILES string of the molecule is CCc1ccc(N[C@H]2NC(=O)/C(=C/c3cc(C)n(-c4cccc(C(=O)OC)c4)c3C)S2)cc1. The van der Waals surface area contributed by atoms with Crippen LogP contribution in [-0.2, 0) is 16.0 Å². The monoisotopic (exact) mass is 461 g/mol. The molecule has 6 nitrogen and oxygen atoms in total. The number of ether oxygens (including phenoxy) is 1. The quantitative estimate of drug-likeness (QED) is 0.397. The van der Waals surface area contributed by atoms with Crippen molar-refractivity contribution in [2.45, 2.75) is 32.7 Å². The number of rotatable bonds is 6. The van der Waals surface area contributed by atoms with Crippen molar-refractivity contribution in [1.82, 2.24) is 9.88 Å². The summed E-state index contributed by atoms with van der Waals surface area (Å²) in [5.41, 5.74) is 6.34. The molecular formula is C26H27N3O3S. The number of hydrogen-bond acceptors (Lipinski definition) is 5. The van der Waals surface area contributed by atoms with Crippen molar-refractivity contribution in [3.8, 4) is 5.69 Å². The average Bonchev–Trinajstić information content (AvgIpc) is 3.31. The molecule has 0 aliphatic carbocycles. The summed E-state index contributed by atoms with van der Waals surface area (Å²) in [5, 5.41) is 6.35. The van der Waals surface area contributed by atoms with Gasteiger partial charge in [-0.1, -0.05) is 36.9 Å². The molecular weight excluding hydrogens is 434 g/mol. The fourth-order valence-corrected chi connectivity index (χ4v) is 4.89. The Morgan fingerprint density at radius 1 is 1.18 bits per heavy atom. The van der Waals surface area contributed by atoms with E-state index >= 15 is 0 Å². The number of carbonyl (C=O) groups excluding carboxylic acids is 2. The maximum atomic E-state index is 12.6. The van der Waals surface area contributed by atoms with Crippen LogP contribution < -0.4 is 10.6 Å². The highest BCUT2D eigenvalue weighted by molar-refractivity contribution is 8.05. The minimum Gasteiger partial charge on any atom is -0.465 e. The summed E-state index contributed by atoms with van der Waals surface area (Å²) < 4.78 is 6.92. The van der Waals surface area contributed by atoms with E-state index < -0.39 is 0 Å². The van der Waals surface area contributed by atoms with E-state index in [4.69, 9.17) is 4.74 Å². The van der Waals surface area contributed by atoms with Crippen LogP contribution in [0.5, 0.6) is 0 Å². The van der Waals surface area contributed by atoms with E-state index in [9.17, 15) is 9.59 Å². The van der Waals surface area contributed by atoms with E-state index in [1.54, 1.807) is 6.07 Å². The first-order valence-electron chi connectivity index (χ1n) is 10.8. The minimum absolute atomic E-state index is 0.0971. The summed E-state index contributed by atoms with van der Waals surface area (Å²) in [4.78, 5) is 25.2. The number of anilines is 1. The lowest BCUT2D eigenvalue weighted by Gasteiger charge is -2.12. The number of nitrogens with one attached hydrogen (secondary N) is 2. The van der Waals surface area contributed by atoms with E-state index in [0.717, 1.165) is 34.7 Å². The van der Waals surface area contributed by atoms with Crippen LogP contribution in [0.2, 0.25) is 0 Å². The number of hydrogen-bond donors (Lipinski definition) is 2. The van der Waals surface area contributed by atoms with E-state index in [1.165, 1.54) is 24.4 Å². The molecule has 170 valence electrons. The molecule has 0 saturated carbocycles. The molecule has 4 rings (SSSR count). The minimum atomic E-state index is -0.372. The van der Waals surface area contributed by atoms with Crippen molar-refractivity contribution >= 4 is 35.4 Å². The zero-order valence-corrected chi connectivity index (χ0v) is 20.0. The molecule has 1 aliphatic heterocycles. The highest BCUT2D eigenvalue weighted by atomic mass is 32.2. The third-order valence-corrected chi connectivity index (χ3v) is 6.70. The van der Waals surface area contributed by atoms with Crippen molar-refractivity contribution in [3.63, 3.8) is 0 Å². The van der Waals surface area contributed by atoms with Crippen molar-refractivity contribution < 1.29 is 14.3 Å². The lowest BCUT2D eigenvalue weighted by Crippen LogP contribution is -2.30. The maximum absolute atomic E-state index is 12.6. The molecule has 1 amide bonds. The van der Waals surface area contributed by atoms with Gasteiger partial charge in [-0.2, -0.15) is 0 Å². The Morgan fingerprint density at radius 2 is 1.94 bits per heavy atom. The largest absolute Gasteiger partial charge is 0.465 e. The molecule has 0 spiro atoms. The lowest BCUT2D eigenvalue weighted by atomic mass is 10.1. The summed E-state index contributed by atoms with van der Waals surface area (Å²) in [6.07, 6.45) is 2.92. The number of methoxy groups -OCH3 is 1. The summed E-state index contributed by atoms with van der Waals surface area (Å²) in [6.45, 7) is 6.14. The van der Waals surface area contributed by atoms with Crippen LogP contribution in [0.3, 0.4) is 0 Å². The van der Waals surface area contributed by atoms with Gasteiger partial charge in [0.05, 0.1) is 17.6 Å². The lowest BCUT2D eigenvalue weighted by molar-refractivity contribution is -0.116. The third kappa shape index (κ3) is 4.83. The molecule has 7 heteroatoms. The molecule has 1 atom stereocenters. The molecule has 0 radical (unpaired) electrons. The van der Waals surface area contributed by atoms with Gasteiger partial charge in [0, 0.05) is 22.8 Å². The molecule has 33 heavy (non-hydrogen) atoms. The number of aromatic nitrogens is 1. The number of esters is 1. The van der Waals surface area contributed by atoms with E-state index in [2.05, 4.69) is 34.3 Å². The first kappa shape index (κ1) is 22.7. The number of aryl methyl sites for hydroxylation is 2. The second-order valence-corrected chi connectivity index (χ2v) is 9.03. The Labute approximate surface area is 198 Å². The Bertz CT molecular complexity index is 1230. The summed E-state index contributed by atoms with van der Waals surface area (Å²) in [7, 11) is 1.37. The molecule has 0 unspecified atom stereocenters. The van der Waals surface area contributed by atoms with Crippen LogP contribution in [0, 0.1) is 13.8 Å². The summed E-state index contributed by atoms with van der Waals surface area (Å²) in [5.74, 6) is -0.469. The standard InChI is InChI=1S/C26H27N3O3S/c1-5-18-9-11-21(12-10-18)27-26-28-24(30)23(33-26)15-20-13-16(2)29(17(20)3)22-8-6-7-19(14-22)25(31)32-4/h6-15,26-27H,5H2,1-4H3,(H,28,30)/b23-15-/t26-/m0/s1. The molecule has 1 saturated heterocycles. The third-order valence-electron chi connectivity index (χ3n) is 5.67. The number of carbonyl (C=O) groups is 2. The zero-order chi connectivity index (χ0) is 23.5. The van der Waals surface area contributed by atoms with E-state index in [0.29, 0.717) is 10.5 Å². The summed E-state index contributed by atoms with van der Waals surface area (Å²) in [6, 6.07) is 17.6. The maximum Gasteiger partial charge on any atom is 0.337 e. The van der Waals surface area contributed by atoms with E-state index in [1.807, 2.05) is 56.3 Å². The summed E-state index contributed by atoms with van der Waals surface area (Å²) >= 11 is 1.47. The van der Waals surface area contributed by atoms with E-state index in [-0.39, 0.29) is 17.4 Å². The highest BCUT2D eigenvalue weighted by Gasteiger charge is 2.27. The smallest absolute Gasteiger partial charge is 0.337 e. The number of thioether (sulfide) groups is 1. The predicted molar refractivity (Wildman–Crippen MR) is 134 cm³/mol. The first-order chi connectivity index (χ1) is 15.9. The van der Waals surface area contributed by atoms with Gasteiger partial charge < -0.3 is 19.9 Å². The van der Waals surface area contributed by atoms with Gasteiger partial charge in [0.1, 0.15) is 0 Å². The van der Waals surface area contributed by atoms with Gasteiger partial charge in [-0.05, 0) is 73.9 Å². The highest BCUT2D eigenvalue weighted by Crippen LogP contribution is 2.32. The van der Waals surface area contributed by atoms with Gasteiger partial charge >= 0.3 is 5.97 Å². The second-order valence-electron chi connectivity index (χ2n) is 7.88. The van der Waals surface area contributed by atoms with Crippen LogP contribution in [0.4, 0.5) is 5.69 Å². The Kier molecular flexibility index (Phi) is 6.60. The van der Waals surface area contributed by atoms with Crippen molar-refractivity contribution in [2.24, 2.45) is 0 Å². The molecule has 2 aromatic carbocycles. The van der Waals surface area contributed by atoms with Gasteiger partial charge in [-0.3, -0.25) is 4.79 Å².